The fourth-order valence-electron chi connectivity index (χ4n) is 2.47. The molecular formula is C16H19N3O. The van der Waals surface area contributed by atoms with Crippen LogP contribution in [0.2, 0.25) is 0 Å². The van der Waals surface area contributed by atoms with Gasteiger partial charge in [0, 0.05) is 18.6 Å². The SMILES string of the molecule is CCNC(c1ccn(C)n1)c1cc2cc(C)ccc2o1. The van der Waals surface area contributed by atoms with Gasteiger partial charge in [0.1, 0.15) is 17.4 Å². The molecule has 4 nitrogen and oxygen atoms in total. The first-order valence-corrected chi connectivity index (χ1v) is 6.90. The van der Waals surface area contributed by atoms with E-state index in [9.17, 15) is 0 Å². The van der Waals surface area contributed by atoms with Gasteiger partial charge in [-0.15, -0.1) is 0 Å². The first-order valence-electron chi connectivity index (χ1n) is 6.90. The summed E-state index contributed by atoms with van der Waals surface area (Å²) in [5.41, 5.74) is 3.14. The van der Waals surface area contributed by atoms with Crippen LogP contribution in [0, 0.1) is 6.92 Å². The maximum Gasteiger partial charge on any atom is 0.134 e. The number of benzene rings is 1. The number of furan rings is 1. The van der Waals surface area contributed by atoms with Crippen LogP contribution in [0.25, 0.3) is 11.0 Å². The lowest BCUT2D eigenvalue weighted by Gasteiger charge is -2.12. The largest absolute Gasteiger partial charge is 0.459 e. The molecule has 0 amide bonds. The molecular weight excluding hydrogens is 250 g/mol. The predicted molar refractivity (Wildman–Crippen MR) is 79.7 cm³/mol. The smallest absolute Gasteiger partial charge is 0.134 e. The van der Waals surface area contributed by atoms with E-state index in [0.29, 0.717) is 0 Å². The first kappa shape index (κ1) is 12.9. The van der Waals surface area contributed by atoms with Gasteiger partial charge in [-0.05, 0) is 37.7 Å². The van der Waals surface area contributed by atoms with E-state index in [0.717, 1.165) is 29.0 Å². The average molecular weight is 269 g/mol. The Labute approximate surface area is 118 Å². The number of nitrogens with one attached hydrogen (secondary N) is 1. The van der Waals surface area contributed by atoms with Crippen LogP contribution in [0.3, 0.4) is 0 Å². The first-order chi connectivity index (χ1) is 9.67. The fraction of sp³-hybridized carbons (Fsp3) is 0.312. The molecule has 104 valence electrons. The minimum absolute atomic E-state index is 0.00564. The molecule has 0 bridgehead atoms. The second kappa shape index (κ2) is 5.13. The van der Waals surface area contributed by atoms with Crippen LogP contribution in [0.5, 0.6) is 0 Å². The molecule has 2 heterocycles. The predicted octanol–water partition coefficient (Wildman–Crippen LogP) is 3.17. The second-order valence-corrected chi connectivity index (χ2v) is 5.10. The summed E-state index contributed by atoms with van der Waals surface area (Å²) in [6.45, 7) is 5.03. The van der Waals surface area contributed by atoms with E-state index in [2.05, 4.69) is 42.5 Å². The van der Waals surface area contributed by atoms with Crippen LogP contribution in [-0.4, -0.2) is 16.3 Å². The third kappa shape index (κ3) is 2.34. The summed E-state index contributed by atoms with van der Waals surface area (Å²) in [4.78, 5) is 0. The van der Waals surface area contributed by atoms with E-state index < -0.39 is 0 Å². The monoisotopic (exact) mass is 269 g/mol. The number of hydrogen-bond acceptors (Lipinski definition) is 3. The summed E-state index contributed by atoms with van der Waals surface area (Å²) >= 11 is 0. The van der Waals surface area contributed by atoms with Crippen molar-refractivity contribution in [3.63, 3.8) is 0 Å². The zero-order valence-electron chi connectivity index (χ0n) is 12.1. The lowest BCUT2D eigenvalue weighted by molar-refractivity contribution is 0.468. The van der Waals surface area contributed by atoms with Crippen molar-refractivity contribution in [1.82, 2.24) is 15.1 Å². The number of nitrogens with zero attached hydrogens (tertiary/aromatic N) is 2. The molecule has 1 aromatic carbocycles. The highest BCUT2D eigenvalue weighted by atomic mass is 16.3. The minimum Gasteiger partial charge on any atom is -0.459 e. The van der Waals surface area contributed by atoms with Crippen molar-refractivity contribution in [2.24, 2.45) is 7.05 Å². The molecule has 0 saturated carbocycles. The van der Waals surface area contributed by atoms with Crippen LogP contribution >= 0.6 is 0 Å². The van der Waals surface area contributed by atoms with Crippen LogP contribution < -0.4 is 5.32 Å². The standard InChI is InChI=1S/C16H19N3O/c1-4-17-16(13-7-8-19(3)18-13)15-10-12-9-11(2)5-6-14(12)20-15/h5-10,16-17H,4H2,1-3H3. The van der Waals surface area contributed by atoms with Gasteiger partial charge in [0.05, 0.1) is 5.69 Å². The van der Waals surface area contributed by atoms with Crippen molar-refractivity contribution in [2.45, 2.75) is 19.9 Å². The van der Waals surface area contributed by atoms with Crippen molar-refractivity contribution in [3.8, 4) is 0 Å². The molecule has 2 aromatic heterocycles. The minimum atomic E-state index is -0.00564. The highest BCUT2D eigenvalue weighted by Crippen LogP contribution is 2.28. The maximum absolute atomic E-state index is 5.99. The molecule has 0 radical (unpaired) electrons. The normalized spacial score (nSPS) is 12.9. The average Bonchev–Trinajstić information content (AvgIpc) is 3.01. The summed E-state index contributed by atoms with van der Waals surface area (Å²) in [6, 6.07) is 10.3. The summed E-state index contributed by atoms with van der Waals surface area (Å²) in [7, 11) is 1.93. The number of aromatic nitrogens is 2. The Hall–Kier alpha value is -2.07. The van der Waals surface area contributed by atoms with Crippen LogP contribution in [0.1, 0.15) is 30.0 Å². The molecule has 1 atom stereocenters. The van der Waals surface area contributed by atoms with Crippen LogP contribution in [0.15, 0.2) is 40.9 Å². The van der Waals surface area contributed by atoms with E-state index >= 15 is 0 Å². The molecule has 1 N–H and O–H groups in total. The Morgan fingerprint density at radius 2 is 2.15 bits per heavy atom. The van der Waals surface area contributed by atoms with Crippen molar-refractivity contribution in [3.05, 3.63) is 53.5 Å². The zero-order chi connectivity index (χ0) is 14.1. The number of fused-ring (bicyclic) bond motifs is 1. The van der Waals surface area contributed by atoms with E-state index in [-0.39, 0.29) is 6.04 Å². The summed E-state index contributed by atoms with van der Waals surface area (Å²) in [5.74, 6) is 0.908. The van der Waals surface area contributed by atoms with Gasteiger partial charge in [-0.3, -0.25) is 4.68 Å². The zero-order valence-corrected chi connectivity index (χ0v) is 12.1. The number of aryl methyl sites for hydroxylation is 2. The number of hydrogen-bond donors (Lipinski definition) is 1. The molecule has 0 spiro atoms. The molecule has 0 aliphatic rings. The summed E-state index contributed by atoms with van der Waals surface area (Å²) in [5, 5.41) is 9.06. The van der Waals surface area contributed by atoms with E-state index in [1.54, 1.807) is 0 Å². The highest BCUT2D eigenvalue weighted by Gasteiger charge is 2.19. The van der Waals surface area contributed by atoms with E-state index in [1.807, 2.05) is 30.1 Å². The summed E-state index contributed by atoms with van der Waals surface area (Å²) in [6.07, 6.45) is 1.95. The van der Waals surface area contributed by atoms with Crippen molar-refractivity contribution < 1.29 is 4.42 Å². The topological polar surface area (TPSA) is 43.0 Å². The van der Waals surface area contributed by atoms with Gasteiger partial charge >= 0.3 is 0 Å². The Balaban J connectivity index is 2.04. The lowest BCUT2D eigenvalue weighted by atomic mass is 10.1. The quantitative estimate of drug-likeness (QED) is 0.791. The molecule has 4 heteroatoms. The van der Waals surface area contributed by atoms with Gasteiger partial charge < -0.3 is 9.73 Å². The molecule has 3 rings (SSSR count). The van der Waals surface area contributed by atoms with Crippen molar-refractivity contribution in [1.29, 1.82) is 0 Å². The molecule has 3 aromatic rings. The lowest BCUT2D eigenvalue weighted by Crippen LogP contribution is -2.22. The Kier molecular flexibility index (Phi) is 3.32. The van der Waals surface area contributed by atoms with Gasteiger partial charge in [-0.1, -0.05) is 18.6 Å². The highest BCUT2D eigenvalue weighted by molar-refractivity contribution is 5.78. The van der Waals surface area contributed by atoms with E-state index in [1.165, 1.54) is 5.56 Å². The van der Waals surface area contributed by atoms with Crippen molar-refractivity contribution in [2.75, 3.05) is 6.54 Å². The van der Waals surface area contributed by atoms with Gasteiger partial charge in [0.25, 0.3) is 0 Å². The maximum atomic E-state index is 5.99. The van der Waals surface area contributed by atoms with E-state index in [4.69, 9.17) is 4.42 Å². The van der Waals surface area contributed by atoms with Gasteiger partial charge in [0.15, 0.2) is 0 Å². The Morgan fingerprint density at radius 3 is 2.85 bits per heavy atom. The molecule has 20 heavy (non-hydrogen) atoms. The number of rotatable bonds is 4. The molecule has 0 aliphatic carbocycles. The van der Waals surface area contributed by atoms with Crippen LogP contribution in [-0.2, 0) is 7.05 Å². The Bertz CT molecular complexity index is 726. The Morgan fingerprint density at radius 1 is 1.30 bits per heavy atom. The third-order valence-corrected chi connectivity index (χ3v) is 3.41. The van der Waals surface area contributed by atoms with Crippen molar-refractivity contribution >= 4 is 11.0 Å². The molecule has 0 saturated heterocycles. The third-order valence-electron chi connectivity index (χ3n) is 3.41. The molecule has 1 unspecified atom stereocenters. The van der Waals surface area contributed by atoms with Gasteiger partial charge in [-0.25, -0.2) is 0 Å². The second-order valence-electron chi connectivity index (χ2n) is 5.10. The fourth-order valence-corrected chi connectivity index (χ4v) is 2.47. The molecule has 0 fully saturated rings. The summed E-state index contributed by atoms with van der Waals surface area (Å²) < 4.78 is 7.80. The van der Waals surface area contributed by atoms with Crippen LogP contribution in [0.4, 0.5) is 0 Å². The van der Waals surface area contributed by atoms with Gasteiger partial charge in [0.2, 0.25) is 0 Å². The molecule has 0 aliphatic heterocycles. The van der Waals surface area contributed by atoms with Gasteiger partial charge in [-0.2, -0.15) is 5.10 Å².